The lowest BCUT2D eigenvalue weighted by Gasteiger charge is -2.23. The molecule has 1 aliphatic carbocycles. The number of thiophene rings is 1. The van der Waals surface area contributed by atoms with E-state index < -0.39 is 17.6 Å². The predicted octanol–water partition coefficient (Wildman–Crippen LogP) is 3.31. The Hall–Kier alpha value is -3.66. The maximum atomic E-state index is 13.6. The van der Waals surface area contributed by atoms with Crippen molar-refractivity contribution in [1.82, 2.24) is 19.6 Å². The normalized spacial score (nSPS) is 20.9. The number of benzene rings is 1. The molecule has 2 aromatic heterocycles. The van der Waals surface area contributed by atoms with Crippen LogP contribution in [0.5, 0.6) is 5.75 Å². The molecule has 0 N–H and O–H groups in total. The van der Waals surface area contributed by atoms with Gasteiger partial charge in [0.15, 0.2) is 0 Å². The van der Waals surface area contributed by atoms with Gasteiger partial charge >= 0.3 is 6.09 Å². The summed E-state index contributed by atoms with van der Waals surface area (Å²) in [4.78, 5) is 44.4. The number of amides is 3. The maximum absolute atomic E-state index is 13.6. The first-order valence-corrected chi connectivity index (χ1v) is 12.8. The largest absolute Gasteiger partial charge is 0.490 e. The van der Waals surface area contributed by atoms with E-state index in [1.54, 1.807) is 27.1 Å². The van der Waals surface area contributed by atoms with Gasteiger partial charge in [-0.3, -0.25) is 14.3 Å². The van der Waals surface area contributed by atoms with Crippen molar-refractivity contribution >= 4 is 29.2 Å². The van der Waals surface area contributed by atoms with Crippen LogP contribution in [0.15, 0.2) is 30.6 Å². The fraction of sp³-hybridized carbons (Fsp3) is 0.385. The van der Waals surface area contributed by atoms with Gasteiger partial charge in [-0.15, -0.1) is 11.3 Å². The summed E-state index contributed by atoms with van der Waals surface area (Å²) in [5.41, 5.74) is 3.36. The highest BCUT2D eigenvalue weighted by atomic mass is 32.1. The first-order valence-electron chi connectivity index (χ1n) is 11.9. The van der Waals surface area contributed by atoms with E-state index in [0.717, 1.165) is 42.7 Å². The molecule has 3 aromatic rings. The fourth-order valence-corrected chi connectivity index (χ4v) is 6.47. The molecular weight excluding hydrogens is 480 g/mol. The van der Waals surface area contributed by atoms with Gasteiger partial charge in [0.2, 0.25) is 11.5 Å². The van der Waals surface area contributed by atoms with Gasteiger partial charge in [0.1, 0.15) is 18.9 Å². The van der Waals surface area contributed by atoms with Crippen molar-refractivity contribution in [3.05, 3.63) is 57.0 Å². The molecule has 3 amide bonds. The van der Waals surface area contributed by atoms with Gasteiger partial charge in [-0.1, -0.05) is 18.2 Å². The van der Waals surface area contributed by atoms with Crippen molar-refractivity contribution in [2.45, 2.75) is 38.8 Å². The summed E-state index contributed by atoms with van der Waals surface area (Å²) in [6.45, 7) is 4.85. The lowest BCUT2D eigenvalue weighted by molar-refractivity contribution is -0.142. The number of carbonyl (C=O) groups is 3. The Morgan fingerprint density at radius 3 is 2.83 bits per heavy atom. The van der Waals surface area contributed by atoms with Crippen LogP contribution in [-0.2, 0) is 39.9 Å². The number of carbonyl (C=O) groups excluding carboxylic acids is 3. The highest BCUT2D eigenvalue weighted by Crippen LogP contribution is 2.46. The first kappa shape index (κ1) is 22.8. The number of ether oxygens (including phenoxy) is 2. The van der Waals surface area contributed by atoms with Crippen LogP contribution in [0.25, 0.3) is 11.1 Å². The molecule has 1 aromatic carbocycles. The average molecular weight is 507 g/mol. The van der Waals surface area contributed by atoms with Gasteiger partial charge in [0, 0.05) is 41.2 Å². The Labute approximate surface area is 212 Å². The van der Waals surface area contributed by atoms with Crippen molar-refractivity contribution in [2.75, 3.05) is 19.7 Å². The Morgan fingerprint density at radius 2 is 2.06 bits per heavy atom. The fourth-order valence-electron chi connectivity index (χ4n) is 5.33. The van der Waals surface area contributed by atoms with Crippen LogP contribution in [0.4, 0.5) is 4.79 Å². The van der Waals surface area contributed by atoms with E-state index >= 15 is 0 Å². The number of hydrogen-bond donors (Lipinski definition) is 0. The summed E-state index contributed by atoms with van der Waals surface area (Å²) >= 11 is 1.61. The Bertz CT molecular complexity index is 1430. The minimum absolute atomic E-state index is 0.303. The summed E-state index contributed by atoms with van der Waals surface area (Å²) in [5, 5.41) is 4.22. The van der Waals surface area contributed by atoms with Crippen LogP contribution >= 0.6 is 11.3 Å². The van der Waals surface area contributed by atoms with Crippen LogP contribution in [0.3, 0.4) is 0 Å². The van der Waals surface area contributed by atoms with E-state index in [1.807, 2.05) is 45.3 Å². The van der Waals surface area contributed by atoms with Crippen LogP contribution < -0.4 is 4.74 Å². The lowest BCUT2D eigenvalue weighted by atomic mass is 9.93. The molecule has 1 saturated heterocycles. The third-order valence-electron chi connectivity index (χ3n) is 7.38. The lowest BCUT2D eigenvalue weighted by Crippen LogP contribution is -2.45. The first-order chi connectivity index (χ1) is 17.3. The number of aryl methyl sites for hydroxylation is 3. The molecule has 9 nitrogen and oxygen atoms in total. The SMILES string of the molecule is Cc1sc2c(c1C)OCCN(C(=O)CN1C(=O)OC3(CCc4cc(-c5cnn(C)c5)ccc43)C1=O)C2. The van der Waals surface area contributed by atoms with Crippen LogP contribution in [0, 0.1) is 13.8 Å². The smallest absolute Gasteiger partial charge is 0.418 e. The quantitative estimate of drug-likeness (QED) is 0.541. The second-order valence-corrected chi connectivity index (χ2v) is 10.9. The molecule has 1 spiro atoms. The zero-order chi connectivity index (χ0) is 25.2. The standard InChI is InChI=1S/C26H26N4O5S/c1-15-16(2)36-21-13-29(8-9-34-23(15)21)22(31)14-30-24(32)26(35-25(30)33)7-6-18-10-17(4-5-20(18)26)19-11-27-28(3)12-19/h4-5,10-12H,6-9,13-14H2,1-3H3. The number of rotatable bonds is 3. The summed E-state index contributed by atoms with van der Waals surface area (Å²) in [6.07, 6.45) is 3.91. The van der Waals surface area contributed by atoms with E-state index in [1.165, 1.54) is 0 Å². The van der Waals surface area contributed by atoms with Gasteiger partial charge < -0.3 is 14.4 Å². The molecule has 1 fully saturated rings. The molecule has 10 heteroatoms. The van der Waals surface area contributed by atoms with Gasteiger partial charge in [0.05, 0.1) is 24.2 Å². The summed E-state index contributed by atoms with van der Waals surface area (Å²) in [7, 11) is 1.86. The van der Waals surface area contributed by atoms with Gasteiger partial charge in [0.25, 0.3) is 5.91 Å². The highest BCUT2D eigenvalue weighted by Gasteiger charge is 2.58. The topological polar surface area (TPSA) is 94.0 Å². The van der Waals surface area contributed by atoms with Gasteiger partial charge in [-0.05, 0) is 31.4 Å². The van der Waals surface area contributed by atoms with Gasteiger partial charge in [-0.25, -0.2) is 9.69 Å². The van der Waals surface area contributed by atoms with Gasteiger partial charge in [-0.2, -0.15) is 5.10 Å². The van der Waals surface area contributed by atoms with Crippen LogP contribution in [-0.4, -0.2) is 57.2 Å². The molecule has 36 heavy (non-hydrogen) atoms. The molecule has 0 saturated carbocycles. The highest BCUT2D eigenvalue weighted by molar-refractivity contribution is 7.12. The molecule has 0 radical (unpaired) electrons. The maximum Gasteiger partial charge on any atom is 0.418 e. The van der Waals surface area contributed by atoms with Crippen molar-refractivity contribution < 1.29 is 23.9 Å². The number of fused-ring (bicyclic) bond motifs is 3. The molecule has 2 aliphatic heterocycles. The third-order valence-corrected chi connectivity index (χ3v) is 8.56. The van der Waals surface area contributed by atoms with E-state index in [4.69, 9.17) is 9.47 Å². The Kier molecular flexibility index (Phi) is 5.18. The van der Waals surface area contributed by atoms with E-state index in [0.29, 0.717) is 38.1 Å². The summed E-state index contributed by atoms with van der Waals surface area (Å²) in [6, 6.07) is 5.80. The van der Waals surface area contributed by atoms with Crippen molar-refractivity contribution in [3.8, 4) is 16.9 Å². The predicted molar refractivity (Wildman–Crippen MR) is 132 cm³/mol. The second kappa shape index (κ2) is 8.19. The minimum atomic E-state index is -1.36. The molecule has 186 valence electrons. The number of hydrogen-bond acceptors (Lipinski definition) is 7. The molecule has 1 atom stereocenters. The number of imide groups is 1. The molecule has 1 unspecified atom stereocenters. The average Bonchev–Trinajstić information content (AvgIpc) is 3.53. The zero-order valence-corrected chi connectivity index (χ0v) is 21.2. The Morgan fingerprint density at radius 1 is 1.22 bits per heavy atom. The summed E-state index contributed by atoms with van der Waals surface area (Å²) < 4.78 is 13.4. The van der Waals surface area contributed by atoms with E-state index in [-0.39, 0.29) is 12.5 Å². The molecule has 6 rings (SSSR count). The molecule has 0 bridgehead atoms. The summed E-state index contributed by atoms with van der Waals surface area (Å²) in [5.74, 6) is 0.0718. The number of nitrogens with zero attached hydrogens (tertiary/aromatic N) is 4. The molecule has 3 aliphatic rings. The second-order valence-electron chi connectivity index (χ2n) is 9.56. The van der Waals surface area contributed by atoms with Crippen molar-refractivity contribution in [3.63, 3.8) is 0 Å². The van der Waals surface area contributed by atoms with Crippen molar-refractivity contribution in [1.29, 1.82) is 0 Å². The van der Waals surface area contributed by atoms with E-state index in [2.05, 4.69) is 5.10 Å². The van der Waals surface area contributed by atoms with Crippen molar-refractivity contribution in [2.24, 2.45) is 7.05 Å². The number of aromatic nitrogens is 2. The van der Waals surface area contributed by atoms with E-state index in [9.17, 15) is 14.4 Å². The molecular formula is C26H26N4O5S. The Balaban J connectivity index is 1.22. The third kappa shape index (κ3) is 3.42. The monoisotopic (exact) mass is 506 g/mol. The van der Waals surface area contributed by atoms with Crippen LogP contribution in [0.2, 0.25) is 0 Å². The van der Waals surface area contributed by atoms with Crippen LogP contribution in [0.1, 0.15) is 32.9 Å². The minimum Gasteiger partial charge on any atom is -0.490 e. The molecule has 4 heterocycles. The zero-order valence-electron chi connectivity index (χ0n) is 20.4.